The molecule has 0 bridgehead atoms. The maximum atomic E-state index is 5.76. The molecule has 0 unspecified atom stereocenters. The summed E-state index contributed by atoms with van der Waals surface area (Å²) in [6.07, 6.45) is 9.64. The molecule has 0 saturated heterocycles. The van der Waals surface area contributed by atoms with E-state index in [1.807, 2.05) is 6.08 Å². The molecule has 1 nitrogen and oxygen atoms in total. The van der Waals surface area contributed by atoms with Crippen LogP contribution in [0.5, 0.6) is 0 Å². The van der Waals surface area contributed by atoms with E-state index in [4.69, 9.17) is 4.74 Å². The van der Waals surface area contributed by atoms with Gasteiger partial charge >= 0.3 is 0 Å². The third kappa shape index (κ3) is 4.52. The fourth-order valence-electron chi connectivity index (χ4n) is 1.87. The van der Waals surface area contributed by atoms with E-state index in [0.717, 1.165) is 12.4 Å². The van der Waals surface area contributed by atoms with Gasteiger partial charge < -0.3 is 4.74 Å². The highest BCUT2D eigenvalue weighted by Crippen LogP contribution is 2.35. The number of ether oxygens (including phenoxy) is 1. The highest BCUT2D eigenvalue weighted by atomic mass is 32.1. The van der Waals surface area contributed by atoms with Crippen LogP contribution in [-0.4, -0.2) is 18.5 Å². The minimum absolute atomic E-state index is 0.493. The Balaban J connectivity index is 2.13. The molecular formula is C12H22OS. The summed E-state index contributed by atoms with van der Waals surface area (Å²) in [4.78, 5) is 0. The largest absolute Gasteiger partial charge is 0.374 e. The molecule has 0 aromatic carbocycles. The van der Waals surface area contributed by atoms with E-state index in [9.17, 15) is 0 Å². The van der Waals surface area contributed by atoms with Crippen LogP contribution in [0.25, 0.3) is 0 Å². The first kappa shape index (κ1) is 12.1. The molecule has 0 aromatic rings. The average molecular weight is 214 g/mol. The second-order valence-corrected chi connectivity index (χ2v) is 5.22. The van der Waals surface area contributed by atoms with E-state index in [2.05, 4.69) is 32.6 Å². The Bertz CT molecular complexity index is 177. The lowest BCUT2D eigenvalue weighted by molar-refractivity contribution is 0.0188. The molecule has 1 aliphatic carbocycles. The fourth-order valence-corrected chi connectivity index (χ4v) is 2.02. The van der Waals surface area contributed by atoms with Crippen LogP contribution in [0.15, 0.2) is 12.2 Å². The standard InChI is InChI=1S/C12H22OS/c1-12(2)7-5-11(6-8-12)13-9-3-4-10-14/h3-4,11,14H,5-10H2,1-2H3/b4-3+. The second-order valence-electron chi connectivity index (χ2n) is 4.85. The van der Waals surface area contributed by atoms with Crippen molar-refractivity contribution in [1.29, 1.82) is 0 Å². The van der Waals surface area contributed by atoms with Crippen LogP contribution in [-0.2, 0) is 4.74 Å². The number of thiol groups is 1. The van der Waals surface area contributed by atoms with Crippen LogP contribution in [0, 0.1) is 5.41 Å². The van der Waals surface area contributed by atoms with Gasteiger partial charge in [0.05, 0.1) is 12.7 Å². The minimum atomic E-state index is 0.493. The molecule has 1 rings (SSSR count). The van der Waals surface area contributed by atoms with Gasteiger partial charge in [0.25, 0.3) is 0 Å². The Morgan fingerprint density at radius 1 is 1.29 bits per heavy atom. The monoisotopic (exact) mass is 214 g/mol. The second kappa shape index (κ2) is 5.82. The van der Waals surface area contributed by atoms with E-state index >= 15 is 0 Å². The molecule has 2 heteroatoms. The van der Waals surface area contributed by atoms with Gasteiger partial charge in [0.2, 0.25) is 0 Å². The molecule has 1 fully saturated rings. The van der Waals surface area contributed by atoms with Crippen LogP contribution < -0.4 is 0 Å². The van der Waals surface area contributed by atoms with Crippen molar-refractivity contribution in [2.75, 3.05) is 12.4 Å². The summed E-state index contributed by atoms with van der Waals surface area (Å²) in [6.45, 7) is 5.46. The van der Waals surface area contributed by atoms with Gasteiger partial charge in [0, 0.05) is 5.75 Å². The highest BCUT2D eigenvalue weighted by Gasteiger charge is 2.26. The summed E-state index contributed by atoms with van der Waals surface area (Å²) in [5.41, 5.74) is 0.542. The molecule has 0 aromatic heterocycles. The molecule has 1 aliphatic rings. The number of hydrogen-bond acceptors (Lipinski definition) is 2. The average Bonchev–Trinajstić information content (AvgIpc) is 2.15. The third-order valence-corrected chi connectivity index (χ3v) is 3.20. The van der Waals surface area contributed by atoms with Gasteiger partial charge in [0.1, 0.15) is 0 Å². The predicted molar refractivity (Wildman–Crippen MR) is 65.0 cm³/mol. The summed E-state index contributed by atoms with van der Waals surface area (Å²) in [5.74, 6) is 0.807. The van der Waals surface area contributed by atoms with Crippen LogP contribution in [0.4, 0.5) is 0 Å². The molecule has 0 spiro atoms. The molecule has 0 amide bonds. The fraction of sp³-hybridized carbons (Fsp3) is 0.833. The highest BCUT2D eigenvalue weighted by molar-refractivity contribution is 7.80. The van der Waals surface area contributed by atoms with Crippen molar-refractivity contribution < 1.29 is 4.74 Å². The molecule has 0 atom stereocenters. The lowest BCUT2D eigenvalue weighted by Crippen LogP contribution is -2.26. The molecule has 0 aliphatic heterocycles. The van der Waals surface area contributed by atoms with Crippen molar-refractivity contribution in [3.8, 4) is 0 Å². The zero-order valence-electron chi connectivity index (χ0n) is 9.33. The summed E-state index contributed by atoms with van der Waals surface area (Å²) < 4.78 is 5.76. The molecular weight excluding hydrogens is 192 g/mol. The van der Waals surface area contributed by atoms with Crippen molar-refractivity contribution in [3.63, 3.8) is 0 Å². The molecule has 14 heavy (non-hydrogen) atoms. The van der Waals surface area contributed by atoms with Crippen LogP contribution in [0.1, 0.15) is 39.5 Å². The quantitative estimate of drug-likeness (QED) is 0.557. The Morgan fingerprint density at radius 2 is 1.93 bits per heavy atom. The van der Waals surface area contributed by atoms with Crippen molar-refractivity contribution in [1.82, 2.24) is 0 Å². The third-order valence-electron chi connectivity index (χ3n) is 2.99. The van der Waals surface area contributed by atoms with Crippen molar-refractivity contribution in [2.45, 2.75) is 45.6 Å². The summed E-state index contributed by atoms with van der Waals surface area (Å²) >= 11 is 4.10. The number of hydrogen-bond donors (Lipinski definition) is 1. The summed E-state index contributed by atoms with van der Waals surface area (Å²) in [6, 6.07) is 0. The number of rotatable bonds is 4. The van der Waals surface area contributed by atoms with Crippen LogP contribution in [0.3, 0.4) is 0 Å². The first-order chi connectivity index (χ1) is 6.64. The van der Waals surface area contributed by atoms with Crippen LogP contribution >= 0.6 is 12.6 Å². The van der Waals surface area contributed by atoms with Gasteiger partial charge in [0.15, 0.2) is 0 Å². The topological polar surface area (TPSA) is 9.23 Å². The van der Waals surface area contributed by atoms with E-state index in [-0.39, 0.29) is 0 Å². The molecule has 82 valence electrons. The van der Waals surface area contributed by atoms with E-state index < -0.39 is 0 Å². The van der Waals surface area contributed by atoms with Crippen molar-refractivity contribution in [3.05, 3.63) is 12.2 Å². The smallest absolute Gasteiger partial charge is 0.0651 e. The zero-order chi connectivity index (χ0) is 10.4. The summed E-state index contributed by atoms with van der Waals surface area (Å²) in [7, 11) is 0. The maximum absolute atomic E-state index is 5.76. The molecule has 0 heterocycles. The van der Waals surface area contributed by atoms with Crippen molar-refractivity contribution >= 4 is 12.6 Å². The molecule has 0 radical (unpaired) electrons. The first-order valence-corrected chi connectivity index (χ1v) is 6.15. The molecule has 0 N–H and O–H groups in total. The Morgan fingerprint density at radius 3 is 2.50 bits per heavy atom. The normalized spacial score (nSPS) is 23.1. The van der Waals surface area contributed by atoms with E-state index in [1.165, 1.54) is 25.7 Å². The first-order valence-electron chi connectivity index (χ1n) is 5.51. The zero-order valence-corrected chi connectivity index (χ0v) is 10.2. The Hall–Kier alpha value is 0.0500. The SMILES string of the molecule is CC1(C)CCC(OC/C=C/CS)CC1. The minimum Gasteiger partial charge on any atom is -0.374 e. The Labute approximate surface area is 93.3 Å². The maximum Gasteiger partial charge on any atom is 0.0651 e. The van der Waals surface area contributed by atoms with E-state index in [0.29, 0.717) is 11.5 Å². The van der Waals surface area contributed by atoms with Gasteiger partial charge in [-0.25, -0.2) is 0 Å². The van der Waals surface area contributed by atoms with Gasteiger partial charge in [-0.05, 0) is 31.1 Å². The molecule has 1 saturated carbocycles. The Kier molecular flexibility index (Phi) is 5.04. The van der Waals surface area contributed by atoms with Gasteiger partial charge in [-0.3, -0.25) is 0 Å². The lowest BCUT2D eigenvalue weighted by atomic mass is 9.76. The van der Waals surface area contributed by atoms with Gasteiger partial charge in [-0.1, -0.05) is 26.0 Å². The van der Waals surface area contributed by atoms with Crippen molar-refractivity contribution in [2.24, 2.45) is 5.41 Å². The van der Waals surface area contributed by atoms with Gasteiger partial charge in [-0.15, -0.1) is 0 Å². The van der Waals surface area contributed by atoms with E-state index in [1.54, 1.807) is 0 Å². The van der Waals surface area contributed by atoms with Gasteiger partial charge in [-0.2, -0.15) is 12.6 Å². The van der Waals surface area contributed by atoms with Crippen LogP contribution in [0.2, 0.25) is 0 Å². The summed E-state index contributed by atoms with van der Waals surface area (Å²) in [5, 5.41) is 0. The lowest BCUT2D eigenvalue weighted by Gasteiger charge is -2.33. The predicted octanol–water partition coefficient (Wildman–Crippen LogP) is 3.46.